The standard InChI is InChI=1S/C15H18O5/c1-11(2)14(17)19-9-5-6-10-20-15(18)12-7-3-4-8-13(12)16/h3-4,7-8,16H,1,5-6,9-10H2,2H3. The Morgan fingerprint density at radius 1 is 1.15 bits per heavy atom. The van der Waals surface area contributed by atoms with Crippen molar-refractivity contribution in [3.8, 4) is 5.75 Å². The number of carbonyl (C=O) groups excluding carboxylic acids is 2. The summed E-state index contributed by atoms with van der Waals surface area (Å²) in [7, 11) is 0. The van der Waals surface area contributed by atoms with Gasteiger partial charge in [-0.1, -0.05) is 18.7 Å². The van der Waals surface area contributed by atoms with Crippen LogP contribution < -0.4 is 0 Å². The molecule has 1 aromatic rings. The Balaban J connectivity index is 2.19. The van der Waals surface area contributed by atoms with Crippen molar-refractivity contribution in [2.24, 2.45) is 0 Å². The lowest BCUT2D eigenvalue weighted by Gasteiger charge is -2.06. The van der Waals surface area contributed by atoms with Crippen molar-refractivity contribution in [1.29, 1.82) is 0 Å². The molecular weight excluding hydrogens is 260 g/mol. The van der Waals surface area contributed by atoms with Crippen molar-refractivity contribution < 1.29 is 24.2 Å². The molecule has 1 aromatic carbocycles. The quantitative estimate of drug-likeness (QED) is 0.471. The second-order valence-corrected chi connectivity index (χ2v) is 4.28. The van der Waals surface area contributed by atoms with Crippen LogP contribution >= 0.6 is 0 Å². The number of ether oxygens (including phenoxy) is 2. The fourth-order valence-electron chi connectivity index (χ4n) is 1.38. The van der Waals surface area contributed by atoms with E-state index in [1.54, 1.807) is 19.1 Å². The van der Waals surface area contributed by atoms with Crippen LogP contribution in [0.2, 0.25) is 0 Å². The Hall–Kier alpha value is -2.30. The minimum Gasteiger partial charge on any atom is -0.507 e. The number of phenols is 1. The highest BCUT2D eigenvalue weighted by atomic mass is 16.5. The maximum Gasteiger partial charge on any atom is 0.341 e. The van der Waals surface area contributed by atoms with Gasteiger partial charge in [0.1, 0.15) is 11.3 Å². The molecule has 0 aliphatic heterocycles. The Morgan fingerprint density at radius 3 is 2.35 bits per heavy atom. The van der Waals surface area contributed by atoms with E-state index in [2.05, 4.69) is 6.58 Å². The number of hydrogen-bond acceptors (Lipinski definition) is 5. The van der Waals surface area contributed by atoms with Gasteiger partial charge in [-0.2, -0.15) is 0 Å². The lowest BCUT2D eigenvalue weighted by atomic mass is 10.2. The Morgan fingerprint density at radius 2 is 1.75 bits per heavy atom. The van der Waals surface area contributed by atoms with Gasteiger partial charge in [0.25, 0.3) is 0 Å². The van der Waals surface area contributed by atoms with Crippen LogP contribution in [0.1, 0.15) is 30.1 Å². The molecule has 0 aromatic heterocycles. The second-order valence-electron chi connectivity index (χ2n) is 4.28. The van der Waals surface area contributed by atoms with E-state index >= 15 is 0 Å². The van der Waals surface area contributed by atoms with Gasteiger partial charge in [-0.15, -0.1) is 0 Å². The first-order valence-electron chi connectivity index (χ1n) is 6.30. The van der Waals surface area contributed by atoms with Gasteiger partial charge in [-0.05, 0) is 31.9 Å². The smallest absolute Gasteiger partial charge is 0.341 e. The highest BCUT2D eigenvalue weighted by molar-refractivity contribution is 5.92. The largest absolute Gasteiger partial charge is 0.507 e. The number of aromatic hydroxyl groups is 1. The molecule has 108 valence electrons. The van der Waals surface area contributed by atoms with Crippen molar-refractivity contribution in [1.82, 2.24) is 0 Å². The number of hydrogen-bond donors (Lipinski definition) is 1. The molecule has 0 aliphatic rings. The van der Waals surface area contributed by atoms with E-state index in [1.165, 1.54) is 12.1 Å². The zero-order valence-corrected chi connectivity index (χ0v) is 11.4. The number of rotatable bonds is 7. The molecule has 20 heavy (non-hydrogen) atoms. The fraction of sp³-hybridized carbons (Fsp3) is 0.333. The van der Waals surface area contributed by atoms with Gasteiger partial charge >= 0.3 is 11.9 Å². The minimum absolute atomic E-state index is 0.104. The molecular formula is C15H18O5. The van der Waals surface area contributed by atoms with Gasteiger partial charge in [0.05, 0.1) is 13.2 Å². The molecule has 1 rings (SSSR count). The predicted molar refractivity (Wildman–Crippen MR) is 73.4 cm³/mol. The molecule has 0 bridgehead atoms. The van der Waals surface area contributed by atoms with Crippen molar-refractivity contribution in [2.75, 3.05) is 13.2 Å². The van der Waals surface area contributed by atoms with Crippen LogP contribution in [0.3, 0.4) is 0 Å². The molecule has 0 unspecified atom stereocenters. The van der Waals surface area contributed by atoms with E-state index in [9.17, 15) is 14.7 Å². The summed E-state index contributed by atoms with van der Waals surface area (Å²) in [6.07, 6.45) is 1.16. The average molecular weight is 278 g/mol. The van der Waals surface area contributed by atoms with Crippen molar-refractivity contribution >= 4 is 11.9 Å². The zero-order valence-electron chi connectivity index (χ0n) is 11.4. The van der Waals surface area contributed by atoms with Crippen molar-refractivity contribution in [2.45, 2.75) is 19.8 Å². The summed E-state index contributed by atoms with van der Waals surface area (Å²) in [6, 6.07) is 6.19. The number of esters is 2. The van der Waals surface area contributed by atoms with Crippen LogP contribution in [-0.4, -0.2) is 30.3 Å². The summed E-state index contributed by atoms with van der Waals surface area (Å²) in [4.78, 5) is 22.7. The van der Waals surface area contributed by atoms with Crippen LogP contribution in [0, 0.1) is 0 Å². The van der Waals surface area contributed by atoms with E-state index in [0.717, 1.165) is 0 Å². The van der Waals surface area contributed by atoms with Gasteiger partial charge < -0.3 is 14.6 Å². The number of benzene rings is 1. The minimum atomic E-state index is -0.568. The van der Waals surface area contributed by atoms with Crippen LogP contribution in [-0.2, 0) is 14.3 Å². The summed E-state index contributed by atoms with van der Waals surface area (Å²) in [6.45, 7) is 5.52. The molecule has 0 saturated heterocycles. The average Bonchev–Trinajstić information content (AvgIpc) is 2.42. The summed E-state index contributed by atoms with van der Waals surface area (Å²) >= 11 is 0. The molecule has 1 N–H and O–H groups in total. The monoisotopic (exact) mass is 278 g/mol. The molecule has 5 nitrogen and oxygen atoms in total. The van der Waals surface area contributed by atoms with Crippen molar-refractivity contribution in [3.05, 3.63) is 42.0 Å². The maximum atomic E-state index is 11.6. The SMILES string of the molecule is C=C(C)C(=O)OCCCCOC(=O)c1ccccc1O. The maximum absolute atomic E-state index is 11.6. The van der Waals surface area contributed by atoms with Gasteiger partial charge in [-0.3, -0.25) is 0 Å². The molecule has 0 spiro atoms. The van der Waals surface area contributed by atoms with Crippen LogP contribution in [0.25, 0.3) is 0 Å². The lowest BCUT2D eigenvalue weighted by Crippen LogP contribution is -2.09. The van der Waals surface area contributed by atoms with Crippen LogP contribution in [0.5, 0.6) is 5.75 Å². The van der Waals surface area contributed by atoms with E-state index < -0.39 is 11.9 Å². The highest BCUT2D eigenvalue weighted by Crippen LogP contribution is 2.16. The highest BCUT2D eigenvalue weighted by Gasteiger charge is 2.11. The summed E-state index contributed by atoms with van der Waals surface area (Å²) in [5.41, 5.74) is 0.497. The molecule has 0 saturated carbocycles. The van der Waals surface area contributed by atoms with E-state index in [0.29, 0.717) is 18.4 Å². The normalized spacial score (nSPS) is 9.85. The third-order valence-corrected chi connectivity index (χ3v) is 2.48. The lowest BCUT2D eigenvalue weighted by molar-refractivity contribution is -0.139. The molecule has 5 heteroatoms. The van der Waals surface area contributed by atoms with Crippen molar-refractivity contribution in [3.63, 3.8) is 0 Å². The number of carbonyl (C=O) groups is 2. The summed E-state index contributed by atoms with van der Waals surface area (Å²) < 4.78 is 9.90. The molecule has 0 fully saturated rings. The molecule has 0 amide bonds. The number of phenolic OH excluding ortho intramolecular Hbond substituents is 1. The predicted octanol–water partition coefficient (Wildman–Crippen LogP) is 2.45. The van der Waals surface area contributed by atoms with E-state index in [4.69, 9.17) is 9.47 Å². The van der Waals surface area contributed by atoms with Crippen LogP contribution in [0.4, 0.5) is 0 Å². The zero-order chi connectivity index (χ0) is 15.0. The van der Waals surface area contributed by atoms with Gasteiger partial charge in [0.15, 0.2) is 0 Å². The third kappa shape index (κ3) is 5.14. The van der Waals surface area contributed by atoms with Crippen LogP contribution in [0.15, 0.2) is 36.4 Å². The summed E-state index contributed by atoms with van der Waals surface area (Å²) in [5, 5.41) is 9.47. The Bertz CT molecular complexity index is 493. The topological polar surface area (TPSA) is 72.8 Å². The number of para-hydroxylation sites is 1. The van der Waals surface area contributed by atoms with Gasteiger partial charge in [0, 0.05) is 5.57 Å². The molecule has 0 atom stereocenters. The molecule has 0 heterocycles. The van der Waals surface area contributed by atoms with E-state index in [1.807, 2.05) is 0 Å². The third-order valence-electron chi connectivity index (χ3n) is 2.48. The molecule has 0 radical (unpaired) electrons. The van der Waals surface area contributed by atoms with Gasteiger partial charge in [-0.25, -0.2) is 9.59 Å². The van der Waals surface area contributed by atoms with Gasteiger partial charge in [0.2, 0.25) is 0 Å². The second kappa shape index (κ2) is 7.99. The first-order valence-corrected chi connectivity index (χ1v) is 6.30. The Kier molecular flexibility index (Phi) is 6.29. The first kappa shape index (κ1) is 15.8. The van der Waals surface area contributed by atoms with E-state index in [-0.39, 0.29) is 24.5 Å². The Labute approximate surface area is 117 Å². The summed E-state index contributed by atoms with van der Waals surface area (Å²) in [5.74, 6) is -1.09. The fourth-order valence-corrected chi connectivity index (χ4v) is 1.38. The number of unbranched alkanes of at least 4 members (excludes halogenated alkanes) is 1. The molecule has 0 aliphatic carbocycles. The first-order chi connectivity index (χ1) is 9.52.